The Morgan fingerprint density at radius 2 is 2.13 bits per heavy atom. The molecule has 1 saturated heterocycles. The molecule has 0 amide bonds. The zero-order valence-electron chi connectivity index (χ0n) is 10.9. The van der Waals surface area contributed by atoms with Gasteiger partial charge in [0.05, 0.1) is 0 Å². The van der Waals surface area contributed by atoms with Crippen molar-refractivity contribution in [3.05, 3.63) is 0 Å². The molecule has 0 saturated carbocycles. The van der Waals surface area contributed by atoms with Crippen molar-refractivity contribution in [3.8, 4) is 0 Å². The van der Waals surface area contributed by atoms with E-state index in [0.717, 1.165) is 17.9 Å². The largest absolute Gasteiger partial charge is 0.314 e. The number of nitrogens with one attached hydrogen (secondary N) is 1. The van der Waals surface area contributed by atoms with Gasteiger partial charge in [-0.1, -0.05) is 39.5 Å². The second-order valence-electron chi connectivity index (χ2n) is 5.40. The molecule has 1 rings (SSSR count). The van der Waals surface area contributed by atoms with E-state index in [2.05, 4.69) is 26.1 Å². The smallest absolute Gasteiger partial charge is 0.00413 e. The maximum absolute atomic E-state index is 3.55. The normalized spacial score (nSPS) is 29.0. The van der Waals surface area contributed by atoms with Crippen LogP contribution in [0.15, 0.2) is 0 Å². The second-order valence-corrected chi connectivity index (χ2v) is 5.40. The predicted molar refractivity (Wildman–Crippen MR) is 68.1 cm³/mol. The molecule has 1 heteroatoms. The fourth-order valence-corrected chi connectivity index (χ4v) is 2.90. The average Bonchev–Trinajstić information content (AvgIpc) is 2.24. The van der Waals surface area contributed by atoms with Crippen LogP contribution < -0.4 is 5.32 Å². The SMILES string of the molecule is CCCCC(CC)CC1CCNC(C)C1. The van der Waals surface area contributed by atoms with Crippen LogP contribution in [0.25, 0.3) is 0 Å². The Hall–Kier alpha value is -0.0400. The molecular weight excluding hydrogens is 182 g/mol. The molecule has 0 aliphatic carbocycles. The lowest BCUT2D eigenvalue weighted by molar-refractivity contribution is 0.250. The molecule has 1 aliphatic rings. The van der Waals surface area contributed by atoms with Crippen molar-refractivity contribution in [1.29, 1.82) is 0 Å². The maximum Gasteiger partial charge on any atom is 0.00413 e. The van der Waals surface area contributed by atoms with Crippen molar-refractivity contribution in [2.45, 2.75) is 71.8 Å². The Bertz CT molecular complexity index is 155. The van der Waals surface area contributed by atoms with Gasteiger partial charge in [-0.3, -0.25) is 0 Å². The third kappa shape index (κ3) is 5.01. The third-order valence-electron chi connectivity index (χ3n) is 3.94. The van der Waals surface area contributed by atoms with E-state index in [9.17, 15) is 0 Å². The van der Waals surface area contributed by atoms with Crippen molar-refractivity contribution in [2.24, 2.45) is 11.8 Å². The second kappa shape index (κ2) is 7.27. The number of hydrogen-bond acceptors (Lipinski definition) is 1. The summed E-state index contributed by atoms with van der Waals surface area (Å²) in [5.74, 6) is 2.00. The van der Waals surface area contributed by atoms with Gasteiger partial charge in [0.1, 0.15) is 0 Å². The molecule has 3 atom stereocenters. The first kappa shape index (κ1) is 13.0. The van der Waals surface area contributed by atoms with Crippen LogP contribution >= 0.6 is 0 Å². The van der Waals surface area contributed by atoms with Crippen molar-refractivity contribution in [3.63, 3.8) is 0 Å². The minimum Gasteiger partial charge on any atom is -0.314 e. The van der Waals surface area contributed by atoms with Crippen LogP contribution in [-0.4, -0.2) is 12.6 Å². The highest BCUT2D eigenvalue weighted by molar-refractivity contribution is 4.77. The molecule has 1 heterocycles. The van der Waals surface area contributed by atoms with Crippen molar-refractivity contribution < 1.29 is 0 Å². The highest BCUT2D eigenvalue weighted by Crippen LogP contribution is 2.28. The van der Waals surface area contributed by atoms with Crippen LogP contribution in [0.5, 0.6) is 0 Å². The van der Waals surface area contributed by atoms with E-state index in [0.29, 0.717) is 0 Å². The summed E-state index contributed by atoms with van der Waals surface area (Å²) in [6.07, 6.45) is 9.94. The van der Waals surface area contributed by atoms with Crippen LogP contribution in [0.1, 0.15) is 65.7 Å². The maximum atomic E-state index is 3.55. The van der Waals surface area contributed by atoms with Gasteiger partial charge in [-0.05, 0) is 44.6 Å². The molecule has 1 aliphatic heterocycles. The van der Waals surface area contributed by atoms with Crippen LogP contribution in [0.2, 0.25) is 0 Å². The molecule has 0 bridgehead atoms. The fraction of sp³-hybridized carbons (Fsp3) is 1.00. The van der Waals surface area contributed by atoms with Gasteiger partial charge in [-0.25, -0.2) is 0 Å². The van der Waals surface area contributed by atoms with E-state index >= 15 is 0 Å². The highest BCUT2D eigenvalue weighted by Gasteiger charge is 2.20. The molecular formula is C14H29N. The lowest BCUT2D eigenvalue weighted by atomic mass is 9.82. The molecule has 3 unspecified atom stereocenters. The minimum absolute atomic E-state index is 0.757. The summed E-state index contributed by atoms with van der Waals surface area (Å²) in [5, 5.41) is 3.55. The van der Waals surface area contributed by atoms with E-state index in [1.165, 1.54) is 51.5 Å². The van der Waals surface area contributed by atoms with E-state index in [1.54, 1.807) is 0 Å². The lowest BCUT2D eigenvalue weighted by Crippen LogP contribution is -2.36. The van der Waals surface area contributed by atoms with Gasteiger partial charge in [-0.2, -0.15) is 0 Å². The molecule has 1 nitrogen and oxygen atoms in total. The van der Waals surface area contributed by atoms with Gasteiger partial charge in [0, 0.05) is 6.04 Å². The molecule has 0 aromatic rings. The third-order valence-corrected chi connectivity index (χ3v) is 3.94. The molecule has 1 fully saturated rings. The summed E-state index contributed by atoms with van der Waals surface area (Å²) in [6, 6.07) is 0.757. The summed E-state index contributed by atoms with van der Waals surface area (Å²) < 4.78 is 0. The van der Waals surface area contributed by atoms with E-state index in [1.807, 2.05) is 0 Å². The average molecular weight is 211 g/mol. The summed E-state index contributed by atoms with van der Waals surface area (Å²) >= 11 is 0. The molecule has 0 radical (unpaired) electrons. The van der Waals surface area contributed by atoms with Gasteiger partial charge in [0.15, 0.2) is 0 Å². The summed E-state index contributed by atoms with van der Waals surface area (Å²) in [5.41, 5.74) is 0. The van der Waals surface area contributed by atoms with Gasteiger partial charge >= 0.3 is 0 Å². The highest BCUT2D eigenvalue weighted by atomic mass is 14.9. The minimum atomic E-state index is 0.757. The first-order valence-electron chi connectivity index (χ1n) is 6.99. The number of rotatable bonds is 6. The molecule has 0 aromatic carbocycles. The quantitative estimate of drug-likeness (QED) is 0.700. The Morgan fingerprint density at radius 3 is 2.73 bits per heavy atom. The molecule has 15 heavy (non-hydrogen) atoms. The Morgan fingerprint density at radius 1 is 1.33 bits per heavy atom. The zero-order valence-corrected chi connectivity index (χ0v) is 10.9. The van der Waals surface area contributed by atoms with Crippen molar-refractivity contribution in [1.82, 2.24) is 5.32 Å². The molecule has 90 valence electrons. The first-order chi connectivity index (χ1) is 7.26. The van der Waals surface area contributed by atoms with Gasteiger partial charge in [0.2, 0.25) is 0 Å². The fourth-order valence-electron chi connectivity index (χ4n) is 2.90. The predicted octanol–water partition coefficient (Wildman–Crippen LogP) is 3.98. The van der Waals surface area contributed by atoms with Crippen molar-refractivity contribution in [2.75, 3.05) is 6.54 Å². The number of piperidine rings is 1. The van der Waals surface area contributed by atoms with Crippen LogP contribution in [0.4, 0.5) is 0 Å². The van der Waals surface area contributed by atoms with Crippen LogP contribution in [0.3, 0.4) is 0 Å². The van der Waals surface area contributed by atoms with Crippen LogP contribution in [-0.2, 0) is 0 Å². The standard InChI is InChI=1S/C14H29N/c1-4-6-7-13(5-2)11-14-8-9-15-12(3)10-14/h12-15H,4-11H2,1-3H3. The Labute approximate surface area is 96.0 Å². The van der Waals surface area contributed by atoms with Crippen LogP contribution in [0, 0.1) is 11.8 Å². The molecule has 0 spiro atoms. The van der Waals surface area contributed by atoms with Gasteiger partial charge in [-0.15, -0.1) is 0 Å². The lowest BCUT2D eigenvalue weighted by Gasteiger charge is -2.30. The summed E-state index contributed by atoms with van der Waals surface area (Å²) in [7, 11) is 0. The first-order valence-corrected chi connectivity index (χ1v) is 6.99. The monoisotopic (exact) mass is 211 g/mol. The Kier molecular flexibility index (Phi) is 6.31. The Balaban J connectivity index is 2.24. The number of unbranched alkanes of at least 4 members (excludes halogenated alkanes) is 1. The van der Waals surface area contributed by atoms with E-state index < -0.39 is 0 Å². The topological polar surface area (TPSA) is 12.0 Å². The van der Waals surface area contributed by atoms with Gasteiger partial charge in [0.25, 0.3) is 0 Å². The van der Waals surface area contributed by atoms with Crippen molar-refractivity contribution >= 4 is 0 Å². The molecule has 0 aromatic heterocycles. The zero-order chi connectivity index (χ0) is 11.1. The summed E-state index contributed by atoms with van der Waals surface area (Å²) in [6.45, 7) is 8.25. The van der Waals surface area contributed by atoms with E-state index in [-0.39, 0.29) is 0 Å². The summed E-state index contributed by atoms with van der Waals surface area (Å²) in [4.78, 5) is 0. The molecule has 1 N–H and O–H groups in total. The number of hydrogen-bond donors (Lipinski definition) is 1. The van der Waals surface area contributed by atoms with Gasteiger partial charge < -0.3 is 5.32 Å². The van der Waals surface area contributed by atoms with E-state index in [4.69, 9.17) is 0 Å².